The van der Waals surface area contributed by atoms with E-state index in [0.717, 1.165) is 43.0 Å². The smallest absolute Gasteiger partial charge is 0.343 e. The highest BCUT2D eigenvalue weighted by Gasteiger charge is 2.09. The Morgan fingerprint density at radius 3 is 2.43 bits per heavy atom. The minimum atomic E-state index is -0.377. The van der Waals surface area contributed by atoms with Crippen molar-refractivity contribution in [3.63, 3.8) is 0 Å². The number of methoxy groups -OCH3 is 2. The van der Waals surface area contributed by atoms with E-state index in [1.807, 2.05) is 13.8 Å². The molecule has 0 fully saturated rings. The Hall–Kier alpha value is -1.59. The molecule has 1 aromatic rings. The first kappa shape index (κ1) is 17.5. The molecule has 0 aromatic heterocycles. The normalized spacial score (nSPS) is 10.5. The van der Waals surface area contributed by atoms with E-state index in [4.69, 9.17) is 9.47 Å². The van der Waals surface area contributed by atoms with Gasteiger partial charge in [-0.3, -0.25) is 0 Å². The number of esters is 1. The topological polar surface area (TPSA) is 56.8 Å². The summed E-state index contributed by atoms with van der Waals surface area (Å²) in [5.74, 6) is 0.376. The lowest BCUT2D eigenvalue weighted by molar-refractivity contribution is -0.142. The molecule has 0 bridgehead atoms. The summed E-state index contributed by atoms with van der Waals surface area (Å²) in [7, 11) is 3.06. The van der Waals surface area contributed by atoms with Crippen LogP contribution in [0.25, 0.3) is 0 Å². The fourth-order valence-corrected chi connectivity index (χ4v) is 2.13. The third-order valence-electron chi connectivity index (χ3n) is 3.11. The molecule has 1 aromatic carbocycles. The summed E-state index contributed by atoms with van der Waals surface area (Å²) in [6, 6.07) is 4.14. The number of carbonyl (C=O) groups is 1. The SMILES string of the molecule is COCCCNCc1cc(C)c(OCC(=O)OC)c(C)c1. The number of hydrogen-bond donors (Lipinski definition) is 1. The maximum atomic E-state index is 11.1. The third kappa shape index (κ3) is 6.14. The van der Waals surface area contributed by atoms with Crippen LogP contribution in [-0.4, -0.2) is 39.9 Å². The zero-order chi connectivity index (χ0) is 15.7. The number of aryl methyl sites for hydroxylation is 2. The van der Waals surface area contributed by atoms with Gasteiger partial charge in [0.1, 0.15) is 5.75 Å². The lowest BCUT2D eigenvalue weighted by atomic mass is 10.1. The first-order valence-corrected chi connectivity index (χ1v) is 7.08. The van der Waals surface area contributed by atoms with Crippen molar-refractivity contribution >= 4 is 5.97 Å². The Balaban J connectivity index is 2.56. The Morgan fingerprint density at radius 2 is 1.86 bits per heavy atom. The lowest BCUT2D eigenvalue weighted by Crippen LogP contribution is -2.17. The van der Waals surface area contributed by atoms with Gasteiger partial charge in [-0.1, -0.05) is 12.1 Å². The Kier molecular flexibility index (Phi) is 7.79. The van der Waals surface area contributed by atoms with Crippen molar-refractivity contribution in [2.24, 2.45) is 0 Å². The second-order valence-corrected chi connectivity index (χ2v) is 4.95. The van der Waals surface area contributed by atoms with Gasteiger partial charge < -0.3 is 19.5 Å². The number of hydrogen-bond acceptors (Lipinski definition) is 5. The van der Waals surface area contributed by atoms with Gasteiger partial charge in [0, 0.05) is 20.3 Å². The van der Waals surface area contributed by atoms with E-state index in [1.54, 1.807) is 7.11 Å². The molecule has 1 rings (SSSR count). The van der Waals surface area contributed by atoms with Gasteiger partial charge in [0.25, 0.3) is 0 Å². The minimum Gasteiger partial charge on any atom is -0.481 e. The first-order valence-electron chi connectivity index (χ1n) is 7.08. The van der Waals surface area contributed by atoms with Crippen LogP contribution in [0.5, 0.6) is 5.75 Å². The standard InChI is InChI=1S/C16H25NO4/c1-12-8-14(10-17-6-5-7-19-3)9-13(2)16(12)21-11-15(18)20-4/h8-9,17H,5-7,10-11H2,1-4H3. The molecular weight excluding hydrogens is 270 g/mol. The number of nitrogens with one attached hydrogen (secondary N) is 1. The molecule has 0 saturated carbocycles. The van der Waals surface area contributed by atoms with Crippen LogP contribution in [0.3, 0.4) is 0 Å². The monoisotopic (exact) mass is 295 g/mol. The van der Waals surface area contributed by atoms with E-state index in [0.29, 0.717) is 0 Å². The lowest BCUT2D eigenvalue weighted by Gasteiger charge is -2.14. The molecule has 0 aliphatic heterocycles. The molecule has 1 N–H and O–H groups in total. The van der Waals surface area contributed by atoms with Crippen LogP contribution in [0, 0.1) is 13.8 Å². The number of benzene rings is 1. The zero-order valence-corrected chi connectivity index (χ0v) is 13.3. The van der Waals surface area contributed by atoms with Gasteiger partial charge in [-0.05, 0) is 43.5 Å². The van der Waals surface area contributed by atoms with E-state index in [2.05, 4.69) is 22.2 Å². The molecule has 0 aliphatic carbocycles. The van der Waals surface area contributed by atoms with Crippen molar-refractivity contribution in [1.29, 1.82) is 0 Å². The molecule has 0 amide bonds. The summed E-state index contributed by atoms with van der Waals surface area (Å²) < 4.78 is 15.1. The second-order valence-electron chi connectivity index (χ2n) is 4.95. The number of rotatable bonds is 9. The average Bonchev–Trinajstić information content (AvgIpc) is 2.45. The van der Waals surface area contributed by atoms with Crippen LogP contribution in [0.4, 0.5) is 0 Å². The highest BCUT2D eigenvalue weighted by molar-refractivity contribution is 5.71. The summed E-state index contributed by atoms with van der Waals surface area (Å²) in [5.41, 5.74) is 3.24. The van der Waals surface area contributed by atoms with E-state index in [9.17, 15) is 4.79 Å². The van der Waals surface area contributed by atoms with Crippen LogP contribution < -0.4 is 10.1 Å². The van der Waals surface area contributed by atoms with Crippen molar-refractivity contribution < 1.29 is 19.0 Å². The van der Waals surface area contributed by atoms with Crippen molar-refractivity contribution in [3.8, 4) is 5.75 Å². The van der Waals surface area contributed by atoms with E-state index >= 15 is 0 Å². The van der Waals surface area contributed by atoms with Gasteiger partial charge in [-0.15, -0.1) is 0 Å². The fraction of sp³-hybridized carbons (Fsp3) is 0.562. The molecule has 0 atom stereocenters. The van der Waals surface area contributed by atoms with Crippen molar-refractivity contribution in [2.45, 2.75) is 26.8 Å². The molecule has 0 radical (unpaired) electrons. The molecule has 5 nitrogen and oxygen atoms in total. The molecule has 21 heavy (non-hydrogen) atoms. The summed E-state index contributed by atoms with van der Waals surface area (Å²) in [4.78, 5) is 11.1. The van der Waals surface area contributed by atoms with Crippen LogP contribution in [0.2, 0.25) is 0 Å². The quantitative estimate of drug-likeness (QED) is 0.557. The van der Waals surface area contributed by atoms with Gasteiger partial charge >= 0.3 is 5.97 Å². The Bertz CT molecular complexity index is 437. The predicted molar refractivity (Wildman–Crippen MR) is 81.6 cm³/mol. The van der Waals surface area contributed by atoms with Crippen LogP contribution in [-0.2, 0) is 20.8 Å². The van der Waals surface area contributed by atoms with Crippen LogP contribution >= 0.6 is 0 Å². The highest BCUT2D eigenvalue weighted by Crippen LogP contribution is 2.24. The molecule has 5 heteroatoms. The van der Waals surface area contributed by atoms with Crippen molar-refractivity contribution in [2.75, 3.05) is 34.0 Å². The first-order chi connectivity index (χ1) is 10.1. The summed E-state index contributed by atoms with van der Waals surface area (Å²) >= 11 is 0. The summed E-state index contributed by atoms with van der Waals surface area (Å²) in [6.45, 7) is 6.40. The van der Waals surface area contributed by atoms with Gasteiger partial charge in [-0.25, -0.2) is 4.79 Å². The maximum Gasteiger partial charge on any atom is 0.343 e. The Labute approximate surface area is 126 Å². The summed E-state index contributed by atoms with van der Waals surface area (Å²) in [6.07, 6.45) is 0.995. The van der Waals surface area contributed by atoms with Crippen LogP contribution in [0.1, 0.15) is 23.1 Å². The zero-order valence-electron chi connectivity index (χ0n) is 13.3. The van der Waals surface area contributed by atoms with Gasteiger partial charge in [0.15, 0.2) is 6.61 Å². The average molecular weight is 295 g/mol. The van der Waals surface area contributed by atoms with Gasteiger partial charge in [0.2, 0.25) is 0 Å². The predicted octanol–water partition coefficient (Wildman–Crippen LogP) is 1.98. The minimum absolute atomic E-state index is 0.0627. The van der Waals surface area contributed by atoms with Gasteiger partial charge in [-0.2, -0.15) is 0 Å². The van der Waals surface area contributed by atoms with E-state index in [1.165, 1.54) is 12.7 Å². The van der Waals surface area contributed by atoms with E-state index in [-0.39, 0.29) is 12.6 Å². The molecule has 118 valence electrons. The Morgan fingerprint density at radius 1 is 1.19 bits per heavy atom. The van der Waals surface area contributed by atoms with Crippen LogP contribution in [0.15, 0.2) is 12.1 Å². The molecule has 0 saturated heterocycles. The van der Waals surface area contributed by atoms with Crippen molar-refractivity contribution in [1.82, 2.24) is 5.32 Å². The van der Waals surface area contributed by atoms with Gasteiger partial charge in [0.05, 0.1) is 7.11 Å². The van der Waals surface area contributed by atoms with E-state index < -0.39 is 0 Å². The molecule has 0 unspecified atom stereocenters. The fourth-order valence-electron chi connectivity index (χ4n) is 2.13. The van der Waals surface area contributed by atoms with Crippen molar-refractivity contribution in [3.05, 3.63) is 28.8 Å². The third-order valence-corrected chi connectivity index (χ3v) is 3.11. The molecule has 0 spiro atoms. The molecular formula is C16H25NO4. The molecule has 0 heterocycles. The second kappa shape index (κ2) is 9.37. The number of carbonyl (C=O) groups excluding carboxylic acids is 1. The largest absolute Gasteiger partial charge is 0.481 e. The maximum absolute atomic E-state index is 11.1. The number of ether oxygens (including phenoxy) is 3. The summed E-state index contributed by atoms with van der Waals surface area (Å²) in [5, 5.41) is 3.37. The highest BCUT2D eigenvalue weighted by atomic mass is 16.6. The molecule has 0 aliphatic rings.